The van der Waals surface area contributed by atoms with Crippen molar-refractivity contribution in [2.45, 2.75) is 33.0 Å². The van der Waals surface area contributed by atoms with Crippen molar-refractivity contribution in [3.63, 3.8) is 0 Å². The monoisotopic (exact) mass is 430 g/mol. The van der Waals surface area contributed by atoms with E-state index in [2.05, 4.69) is 16.1 Å². The molecule has 0 aliphatic rings. The third kappa shape index (κ3) is 7.94. The lowest BCUT2D eigenvalue weighted by Gasteiger charge is -2.17. The molecule has 3 amide bonds. The Morgan fingerprint density at radius 2 is 1.77 bits per heavy atom. The van der Waals surface area contributed by atoms with Crippen molar-refractivity contribution in [1.82, 2.24) is 20.7 Å². The molecule has 1 atom stereocenters. The van der Waals surface area contributed by atoms with E-state index in [1.54, 1.807) is 20.0 Å². The number of rotatable bonds is 11. The fourth-order valence-corrected chi connectivity index (χ4v) is 2.65. The number of hydrogen-bond donors (Lipinski definition) is 4. The van der Waals surface area contributed by atoms with Gasteiger partial charge in [-0.1, -0.05) is 44.2 Å². The van der Waals surface area contributed by atoms with E-state index in [1.807, 2.05) is 30.3 Å². The largest absolute Gasteiger partial charge is 0.480 e. The van der Waals surface area contributed by atoms with Gasteiger partial charge < -0.3 is 20.3 Å². The highest BCUT2D eigenvalue weighted by atomic mass is 16.6. The smallest absolute Gasteiger partial charge is 0.326 e. The van der Waals surface area contributed by atoms with Crippen molar-refractivity contribution in [2.75, 3.05) is 6.54 Å². The Morgan fingerprint density at radius 1 is 1.06 bits per heavy atom. The van der Waals surface area contributed by atoms with Crippen molar-refractivity contribution in [2.24, 2.45) is 5.92 Å². The van der Waals surface area contributed by atoms with Crippen molar-refractivity contribution < 1.29 is 29.1 Å². The van der Waals surface area contributed by atoms with E-state index in [0.717, 1.165) is 5.56 Å². The summed E-state index contributed by atoms with van der Waals surface area (Å²) in [5, 5.41) is 13.9. The molecule has 0 bridgehead atoms. The van der Waals surface area contributed by atoms with Crippen molar-refractivity contribution in [3.05, 3.63) is 59.9 Å². The van der Waals surface area contributed by atoms with Gasteiger partial charge in [-0.15, -0.1) is 0 Å². The molecule has 2 rings (SSSR count). The first-order valence-corrected chi connectivity index (χ1v) is 9.67. The highest BCUT2D eigenvalue weighted by Crippen LogP contribution is 2.03. The van der Waals surface area contributed by atoms with Crippen molar-refractivity contribution >= 4 is 23.7 Å². The zero-order chi connectivity index (χ0) is 22.8. The van der Waals surface area contributed by atoms with Crippen molar-refractivity contribution in [1.29, 1.82) is 0 Å². The van der Waals surface area contributed by atoms with Crippen LogP contribution in [0.3, 0.4) is 0 Å². The maximum absolute atomic E-state index is 12.2. The van der Waals surface area contributed by atoms with Crippen LogP contribution in [0.5, 0.6) is 0 Å². The van der Waals surface area contributed by atoms with Gasteiger partial charge in [0.15, 0.2) is 0 Å². The molecule has 10 heteroatoms. The van der Waals surface area contributed by atoms with Crippen LogP contribution in [0.2, 0.25) is 0 Å². The Balaban J connectivity index is 1.75. The van der Waals surface area contributed by atoms with Crippen molar-refractivity contribution in [3.8, 4) is 0 Å². The Morgan fingerprint density at radius 3 is 2.42 bits per heavy atom. The van der Waals surface area contributed by atoms with Crippen LogP contribution in [0, 0.1) is 5.92 Å². The molecule has 0 aliphatic carbocycles. The molecule has 0 saturated heterocycles. The molecule has 1 aromatic heterocycles. The number of carbonyl (C=O) groups is 4. The minimum Gasteiger partial charge on any atom is -0.480 e. The number of benzene rings is 1. The first kappa shape index (κ1) is 23.6. The average molecular weight is 430 g/mol. The predicted octanol–water partition coefficient (Wildman–Crippen LogP) is 0.691. The number of carbonyl (C=O) groups excluding carboxylic acids is 3. The summed E-state index contributed by atoms with van der Waals surface area (Å²) in [6, 6.07) is 9.82. The molecular weight excluding hydrogens is 404 g/mol. The summed E-state index contributed by atoms with van der Waals surface area (Å²) in [6.07, 6.45) is 3.00. The number of aliphatic carboxylic acids is 1. The first-order valence-electron chi connectivity index (χ1n) is 9.67. The van der Waals surface area contributed by atoms with Gasteiger partial charge in [-0.3, -0.25) is 19.2 Å². The van der Waals surface area contributed by atoms with Gasteiger partial charge in [0, 0.05) is 12.4 Å². The van der Waals surface area contributed by atoms with Gasteiger partial charge >= 0.3 is 5.97 Å². The minimum atomic E-state index is -1.14. The lowest BCUT2D eigenvalue weighted by atomic mass is 10.1. The van der Waals surface area contributed by atoms with Gasteiger partial charge in [-0.25, -0.2) is 10.3 Å². The number of nitrogens with zero attached hydrogens (tertiary/aromatic N) is 1. The molecule has 0 spiro atoms. The molecule has 166 valence electrons. The SMILES string of the molecule is CC(C)[C@H](NC(=O)CNC(=O)c1ccn(CC(=O)NOCc2ccccc2)c1)C(=O)O. The van der Waals surface area contributed by atoms with Crippen LogP contribution < -0.4 is 16.1 Å². The number of aromatic nitrogens is 1. The second-order valence-corrected chi connectivity index (χ2v) is 7.18. The van der Waals surface area contributed by atoms with Gasteiger partial charge in [0.2, 0.25) is 5.91 Å². The predicted molar refractivity (Wildman–Crippen MR) is 111 cm³/mol. The maximum atomic E-state index is 12.2. The zero-order valence-corrected chi connectivity index (χ0v) is 17.3. The quantitative estimate of drug-likeness (QED) is 0.387. The fourth-order valence-electron chi connectivity index (χ4n) is 2.65. The summed E-state index contributed by atoms with van der Waals surface area (Å²) in [5.74, 6) is -2.96. The van der Waals surface area contributed by atoms with Gasteiger partial charge in [0.1, 0.15) is 12.6 Å². The van der Waals surface area contributed by atoms with E-state index >= 15 is 0 Å². The molecule has 0 saturated carbocycles. The van der Waals surface area contributed by atoms with Crippen LogP contribution >= 0.6 is 0 Å². The number of nitrogens with one attached hydrogen (secondary N) is 3. The molecule has 31 heavy (non-hydrogen) atoms. The number of hydroxylamine groups is 1. The van der Waals surface area contributed by atoms with E-state index < -0.39 is 29.7 Å². The topological polar surface area (TPSA) is 139 Å². The third-order valence-corrected chi connectivity index (χ3v) is 4.27. The number of hydrogen-bond acceptors (Lipinski definition) is 5. The highest BCUT2D eigenvalue weighted by molar-refractivity contribution is 5.96. The molecule has 0 unspecified atom stereocenters. The summed E-state index contributed by atoms with van der Waals surface area (Å²) in [4.78, 5) is 52.3. The minimum absolute atomic E-state index is 0.0583. The first-order chi connectivity index (χ1) is 14.8. The van der Waals surface area contributed by atoms with E-state index in [0.29, 0.717) is 0 Å². The van der Waals surface area contributed by atoms with E-state index in [1.165, 1.54) is 16.8 Å². The Labute approximate surface area is 179 Å². The van der Waals surface area contributed by atoms with Crippen LogP contribution in [0.4, 0.5) is 0 Å². The molecule has 10 nitrogen and oxygen atoms in total. The van der Waals surface area contributed by atoms with Crippen LogP contribution in [0.25, 0.3) is 0 Å². The molecule has 0 fully saturated rings. The molecule has 0 radical (unpaired) electrons. The summed E-state index contributed by atoms with van der Waals surface area (Å²) in [7, 11) is 0. The number of amides is 3. The molecule has 0 aliphatic heterocycles. The molecule has 1 aromatic carbocycles. The number of carboxylic acids is 1. The Hall–Kier alpha value is -3.66. The van der Waals surface area contributed by atoms with Crippen LogP contribution in [0.15, 0.2) is 48.8 Å². The summed E-state index contributed by atoms with van der Waals surface area (Å²) >= 11 is 0. The van der Waals surface area contributed by atoms with Gasteiger partial charge in [-0.2, -0.15) is 0 Å². The van der Waals surface area contributed by atoms with Gasteiger partial charge in [-0.05, 0) is 17.5 Å². The molecular formula is C21H26N4O6. The lowest BCUT2D eigenvalue weighted by Crippen LogP contribution is -2.48. The fraction of sp³-hybridized carbons (Fsp3) is 0.333. The average Bonchev–Trinajstić information content (AvgIpc) is 3.19. The van der Waals surface area contributed by atoms with Crippen LogP contribution in [0.1, 0.15) is 29.8 Å². The number of carboxylic acid groups (broad SMARTS) is 1. The second-order valence-electron chi connectivity index (χ2n) is 7.18. The normalized spacial score (nSPS) is 11.6. The van der Waals surface area contributed by atoms with Crippen LogP contribution in [-0.4, -0.2) is 46.0 Å². The summed E-state index contributed by atoms with van der Waals surface area (Å²) < 4.78 is 1.50. The molecule has 4 N–H and O–H groups in total. The van der Waals surface area contributed by atoms with Gasteiger partial charge in [0.05, 0.1) is 18.7 Å². The maximum Gasteiger partial charge on any atom is 0.326 e. The summed E-state index contributed by atoms with van der Waals surface area (Å²) in [6.45, 7) is 3.14. The molecule has 2 aromatic rings. The Kier molecular flexibility index (Phi) is 8.77. The lowest BCUT2D eigenvalue weighted by molar-refractivity contribution is -0.143. The van der Waals surface area contributed by atoms with E-state index in [4.69, 9.17) is 9.94 Å². The highest BCUT2D eigenvalue weighted by Gasteiger charge is 2.23. The standard InChI is InChI=1S/C21H26N4O6/c1-14(2)19(21(29)30)23-17(26)10-22-20(28)16-8-9-25(11-16)12-18(27)24-31-13-15-6-4-3-5-7-15/h3-9,11,14,19H,10,12-13H2,1-2H3,(H,22,28)(H,23,26)(H,24,27)(H,29,30)/t19-/m0/s1. The second kappa shape index (κ2) is 11.5. The van der Waals surface area contributed by atoms with E-state index in [-0.39, 0.29) is 31.2 Å². The summed E-state index contributed by atoms with van der Waals surface area (Å²) in [5.41, 5.74) is 3.50. The third-order valence-electron chi connectivity index (χ3n) is 4.27. The molecule has 1 heterocycles. The van der Waals surface area contributed by atoms with Crippen LogP contribution in [-0.2, 0) is 32.4 Å². The van der Waals surface area contributed by atoms with Gasteiger partial charge in [0.25, 0.3) is 11.8 Å². The zero-order valence-electron chi connectivity index (χ0n) is 17.3. The van der Waals surface area contributed by atoms with E-state index in [9.17, 15) is 19.2 Å². The Bertz CT molecular complexity index is 910.